The summed E-state index contributed by atoms with van der Waals surface area (Å²) in [5.74, 6) is 0.150. The average Bonchev–Trinajstić information content (AvgIpc) is 2.16. The van der Waals surface area contributed by atoms with Gasteiger partial charge in [0.15, 0.2) is 0 Å². The molecule has 0 radical (unpaired) electrons. The normalized spacial score (nSPS) is 12.2. The summed E-state index contributed by atoms with van der Waals surface area (Å²) in [6.45, 7) is 4.11. The van der Waals surface area contributed by atoms with Crippen LogP contribution in [0.2, 0.25) is 0 Å². The van der Waals surface area contributed by atoms with Crippen molar-refractivity contribution in [1.82, 2.24) is 0 Å². The van der Waals surface area contributed by atoms with Gasteiger partial charge in [-0.25, -0.2) is 4.39 Å². The van der Waals surface area contributed by atoms with E-state index < -0.39 is 0 Å². The van der Waals surface area contributed by atoms with Gasteiger partial charge in [0.1, 0.15) is 11.9 Å². The molecule has 0 aliphatic heterocycles. The van der Waals surface area contributed by atoms with Crippen LogP contribution < -0.4 is 5.32 Å². The number of hydrogen-bond donors (Lipinski definition) is 1. The third kappa shape index (κ3) is 3.99. The molecule has 1 rings (SSSR count). The number of nitrogens with zero attached hydrogens (tertiary/aromatic N) is 1. The first-order valence-corrected chi connectivity index (χ1v) is 5.03. The summed E-state index contributed by atoms with van der Waals surface area (Å²) in [7, 11) is 0. The van der Waals surface area contributed by atoms with Crippen LogP contribution in [0, 0.1) is 23.1 Å². The van der Waals surface area contributed by atoms with E-state index in [0.717, 1.165) is 6.42 Å². The minimum absolute atomic E-state index is 0.258. The topological polar surface area (TPSA) is 35.8 Å². The molecule has 1 atom stereocenters. The highest BCUT2D eigenvalue weighted by atomic mass is 19.1. The van der Waals surface area contributed by atoms with Gasteiger partial charge >= 0.3 is 0 Å². The molecule has 0 spiro atoms. The fraction of sp³-hybridized carbons (Fsp3) is 0.417. The van der Waals surface area contributed by atoms with Crippen LogP contribution in [-0.4, -0.2) is 6.04 Å². The summed E-state index contributed by atoms with van der Waals surface area (Å²) in [6, 6.07) is 8.07. The molecule has 0 aliphatic carbocycles. The third-order valence-electron chi connectivity index (χ3n) is 2.03. The molecule has 0 bridgehead atoms. The zero-order valence-corrected chi connectivity index (χ0v) is 9.00. The van der Waals surface area contributed by atoms with E-state index in [9.17, 15) is 4.39 Å². The Bertz CT molecular complexity index is 355. The number of nitrogens with one attached hydrogen (secondary N) is 1. The van der Waals surface area contributed by atoms with Gasteiger partial charge in [0, 0.05) is 5.69 Å². The summed E-state index contributed by atoms with van der Waals surface area (Å²) in [6.07, 6.45) is 0.757. The second-order valence-electron chi connectivity index (χ2n) is 3.97. The number of benzene rings is 1. The van der Waals surface area contributed by atoms with Crippen molar-refractivity contribution >= 4 is 5.69 Å². The van der Waals surface area contributed by atoms with E-state index in [2.05, 4.69) is 25.2 Å². The van der Waals surface area contributed by atoms with E-state index in [4.69, 9.17) is 5.26 Å². The van der Waals surface area contributed by atoms with Gasteiger partial charge in [-0.1, -0.05) is 19.9 Å². The lowest BCUT2D eigenvalue weighted by Crippen LogP contribution is -2.19. The molecule has 0 saturated heterocycles. The Morgan fingerprint density at radius 3 is 2.73 bits per heavy atom. The van der Waals surface area contributed by atoms with Crippen LogP contribution in [0.15, 0.2) is 24.3 Å². The van der Waals surface area contributed by atoms with Crippen LogP contribution in [-0.2, 0) is 0 Å². The second-order valence-corrected chi connectivity index (χ2v) is 3.97. The predicted molar refractivity (Wildman–Crippen MR) is 58.9 cm³/mol. The molecule has 0 saturated carbocycles. The Morgan fingerprint density at radius 2 is 2.20 bits per heavy atom. The average molecular weight is 206 g/mol. The van der Waals surface area contributed by atoms with Gasteiger partial charge in [0.05, 0.1) is 6.07 Å². The molecule has 2 nitrogen and oxygen atoms in total. The lowest BCUT2D eigenvalue weighted by Gasteiger charge is -2.14. The van der Waals surface area contributed by atoms with Crippen LogP contribution in [0.5, 0.6) is 0 Å². The smallest absolute Gasteiger partial charge is 0.125 e. The quantitative estimate of drug-likeness (QED) is 0.821. The SMILES string of the molecule is CC(C)CC(C#N)Nc1cccc(F)c1. The maximum atomic E-state index is 12.9. The number of anilines is 1. The van der Waals surface area contributed by atoms with Gasteiger partial charge < -0.3 is 5.32 Å². The first kappa shape index (κ1) is 11.5. The van der Waals surface area contributed by atoms with Crippen molar-refractivity contribution in [3.63, 3.8) is 0 Å². The van der Waals surface area contributed by atoms with Crippen molar-refractivity contribution in [3.8, 4) is 6.07 Å². The minimum Gasteiger partial charge on any atom is -0.370 e. The zero-order chi connectivity index (χ0) is 11.3. The van der Waals surface area contributed by atoms with Crippen molar-refractivity contribution in [1.29, 1.82) is 5.26 Å². The molecular weight excluding hydrogens is 191 g/mol. The maximum absolute atomic E-state index is 12.9. The Kier molecular flexibility index (Phi) is 4.11. The van der Waals surface area contributed by atoms with E-state index >= 15 is 0 Å². The summed E-state index contributed by atoms with van der Waals surface area (Å²) < 4.78 is 12.9. The Morgan fingerprint density at radius 1 is 1.47 bits per heavy atom. The van der Waals surface area contributed by atoms with Crippen LogP contribution in [0.3, 0.4) is 0 Å². The highest BCUT2D eigenvalue weighted by molar-refractivity contribution is 5.45. The fourth-order valence-corrected chi connectivity index (χ4v) is 1.39. The molecule has 3 heteroatoms. The molecule has 0 aromatic heterocycles. The molecule has 0 amide bonds. The van der Waals surface area contributed by atoms with E-state index in [1.807, 2.05) is 0 Å². The monoisotopic (exact) mass is 206 g/mol. The van der Waals surface area contributed by atoms with Crippen molar-refractivity contribution in [3.05, 3.63) is 30.1 Å². The van der Waals surface area contributed by atoms with Gasteiger partial charge in [-0.05, 0) is 30.5 Å². The molecule has 80 valence electrons. The van der Waals surface area contributed by atoms with Crippen molar-refractivity contribution in [2.24, 2.45) is 5.92 Å². The van der Waals surface area contributed by atoms with Crippen molar-refractivity contribution in [2.75, 3.05) is 5.32 Å². The Balaban J connectivity index is 2.63. The summed E-state index contributed by atoms with van der Waals surface area (Å²) in [5, 5.41) is 11.9. The molecule has 0 fully saturated rings. The maximum Gasteiger partial charge on any atom is 0.125 e. The van der Waals surface area contributed by atoms with Crippen LogP contribution in [0.4, 0.5) is 10.1 Å². The number of hydrogen-bond acceptors (Lipinski definition) is 2. The van der Waals surface area contributed by atoms with E-state index in [1.54, 1.807) is 12.1 Å². The van der Waals surface area contributed by atoms with E-state index in [1.165, 1.54) is 12.1 Å². The van der Waals surface area contributed by atoms with Gasteiger partial charge in [-0.3, -0.25) is 0 Å². The second kappa shape index (κ2) is 5.35. The number of nitriles is 1. The zero-order valence-electron chi connectivity index (χ0n) is 9.00. The lowest BCUT2D eigenvalue weighted by atomic mass is 10.0. The van der Waals surface area contributed by atoms with Crippen LogP contribution in [0.25, 0.3) is 0 Å². The number of rotatable bonds is 4. The van der Waals surface area contributed by atoms with Gasteiger partial charge in [0.25, 0.3) is 0 Å². The first-order valence-electron chi connectivity index (χ1n) is 5.03. The summed E-state index contributed by atoms with van der Waals surface area (Å²) >= 11 is 0. The van der Waals surface area contributed by atoms with Gasteiger partial charge in [0.2, 0.25) is 0 Å². The highest BCUT2D eigenvalue weighted by Gasteiger charge is 2.09. The van der Waals surface area contributed by atoms with E-state index in [0.29, 0.717) is 11.6 Å². The Hall–Kier alpha value is -1.56. The first-order chi connectivity index (χ1) is 7.11. The molecule has 0 aliphatic rings. The largest absolute Gasteiger partial charge is 0.370 e. The lowest BCUT2D eigenvalue weighted by molar-refractivity contribution is 0.567. The predicted octanol–water partition coefficient (Wildman–Crippen LogP) is 3.18. The molecule has 15 heavy (non-hydrogen) atoms. The highest BCUT2D eigenvalue weighted by Crippen LogP contribution is 2.13. The van der Waals surface area contributed by atoms with Crippen LogP contribution in [0.1, 0.15) is 20.3 Å². The van der Waals surface area contributed by atoms with Gasteiger partial charge in [-0.15, -0.1) is 0 Å². The summed E-state index contributed by atoms with van der Waals surface area (Å²) in [4.78, 5) is 0. The third-order valence-corrected chi connectivity index (χ3v) is 2.03. The molecule has 1 N–H and O–H groups in total. The Labute approximate surface area is 89.7 Å². The minimum atomic E-state index is -0.291. The molecule has 1 aromatic carbocycles. The summed E-state index contributed by atoms with van der Waals surface area (Å²) in [5.41, 5.74) is 0.655. The van der Waals surface area contributed by atoms with Crippen molar-refractivity contribution < 1.29 is 4.39 Å². The fourth-order valence-electron chi connectivity index (χ4n) is 1.39. The molecule has 1 aromatic rings. The van der Waals surface area contributed by atoms with Crippen molar-refractivity contribution in [2.45, 2.75) is 26.3 Å². The molecule has 1 unspecified atom stereocenters. The van der Waals surface area contributed by atoms with Crippen LogP contribution >= 0.6 is 0 Å². The van der Waals surface area contributed by atoms with Gasteiger partial charge in [-0.2, -0.15) is 5.26 Å². The standard InChI is InChI=1S/C12H15FN2/c1-9(2)6-12(8-14)15-11-5-3-4-10(13)7-11/h3-5,7,9,12,15H,6H2,1-2H3. The molecular formula is C12H15FN2. The molecule has 0 heterocycles. The van der Waals surface area contributed by atoms with E-state index in [-0.39, 0.29) is 11.9 Å². The number of halogens is 1.